The Labute approximate surface area is 91.1 Å². The maximum atomic E-state index is 11.2. The zero-order valence-corrected chi connectivity index (χ0v) is 9.75. The van der Waals surface area contributed by atoms with E-state index in [1.165, 1.54) is 7.11 Å². The molecule has 0 saturated heterocycles. The lowest BCUT2D eigenvalue weighted by Gasteiger charge is -2.26. The average Bonchev–Trinajstić information content (AvgIpc) is 2.45. The van der Waals surface area contributed by atoms with Crippen LogP contribution in [0.25, 0.3) is 0 Å². The highest BCUT2D eigenvalue weighted by Crippen LogP contribution is 2.47. The van der Waals surface area contributed by atoms with E-state index in [1.54, 1.807) is 6.08 Å². The summed E-state index contributed by atoms with van der Waals surface area (Å²) in [5.41, 5.74) is 1.31. The van der Waals surface area contributed by atoms with E-state index in [1.807, 2.05) is 0 Å². The summed E-state index contributed by atoms with van der Waals surface area (Å²) in [5.74, 6) is 0.0206. The summed E-state index contributed by atoms with van der Waals surface area (Å²) in [6.07, 6.45) is 4.33. The van der Waals surface area contributed by atoms with Crippen molar-refractivity contribution in [3.63, 3.8) is 0 Å². The first-order chi connectivity index (χ1) is 7.01. The molecule has 3 heteroatoms. The minimum Gasteiger partial charge on any atom is -0.466 e. The van der Waals surface area contributed by atoms with Crippen molar-refractivity contribution in [3.8, 4) is 0 Å². The predicted molar refractivity (Wildman–Crippen MR) is 58.3 cm³/mol. The van der Waals surface area contributed by atoms with Gasteiger partial charge in [-0.3, -0.25) is 0 Å². The molecule has 0 aromatic carbocycles. The van der Waals surface area contributed by atoms with Crippen molar-refractivity contribution in [2.45, 2.75) is 33.1 Å². The van der Waals surface area contributed by atoms with Gasteiger partial charge in [0.15, 0.2) is 0 Å². The fraction of sp³-hybridized carbons (Fsp3) is 0.750. The van der Waals surface area contributed by atoms with Gasteiger partial charge in [-0.05, 0) is 30.6 Å². The molecular weight excluding hydrogens is 192 g/mol. The van der Waals surface area contributed by atoms with Crippen LogP contribution in [-0.4, -0.2) is 24.8 Å². The Morgan fingerprint density at radius 3 is 2.87 bits per heavy atom. The van der Waals surface area contributed by atoms with E-state index in [4.69, 9.17) is 5.11 Å². The van der Waals surface area contributed by atoms with Gasteiger partial charge < -0.3 is 9.84 Å². The van der Waals surface area contributed by atoms with Crippen LogP contribution in [0.4, 0.5) is 0 Å². The zero-order chi connectivity index (χ0) is 11.5. The van der Waals surface area contributed by atoms with Gasteiger partial charge in [0.2, 0.25) is 0 Å². The molecule has 1 saturated carbocycles. The third kappa shape index (κ3) is 2.81. The van der Waals surface area contributed by atoms with Crippen LogP contribution in [-0.2, 0) is 9.53 Å². The lowest BCUT2D eigenvalue weighted by molar-refractivity contribution is -0.134. The highest BCUT2D eigenvalue weighted by Gasteiger charge is 2.37. The summed E-state index contributed by atoms with van der Waals surface area (Å²) in [6, 6.07) is 0. The Morgan fingerprint density at radius 2 is 2.33 bits per heavy atom. The second-order valence-electron chi connectivity index (χ2n) is 4.80. The van der Waals surface area contributed by atoms with Crippen LogP contribution >= 0.6 is 0 Å². The minimum absolute atomic E-state index is 0.173. The molecular formula is C12H20O3. The molecule has 1 atom stereocenters. The van der Waals surface area contributed by atoms with Gasteiger partial charge in [-0.1, -0.05) is 19.4 Å². The van der Waals surface area contributed by atoms with Crippen LogP contribution in [0.1, 0.15) is 33.1 Å². The molecule has 0 amide bonds. The summed E-state index contributed by atoms with van der Waals surface area (Å²) >= 11 is 0. The van der Waals surface area contributed by atoms with Crippen molar-refractivity contribution in [2.24, 2.45) is 11.3 Å². The quantitative estimate of drug-likeness (QED) is 0.574. The molecule has 1 aliphatic rings. The van der Waals surface area contributed by atoms with Gasteiger partial charge in [0.05, 0.1) is 7.11 Å². The summed E-state index contributed by atoms with van der Waals surface area (Å²) in [6.45, 7) is 4.55. The van der Waals surface area contributed by atoms with Crippen LogP contribution in [0.2, 0.25) is 0 Å². The normalized spacial score (nSPS) is 26.9. The van der Waals surface area contributed by atoms with Crippen LogP contribution in [0.15, 0.2) is 11.6 Å². The number of aliphatic hydroxyl groups excluding tert-OH is 1. The average molecular weight is 212 g/mol. The van der Waals surface area contributed by atoms with E-state index in [0.29, 0.717) is 5.92 Å². The number of hydrogen-bond donors (Lipinski definition) is 1. The van der Waals surface area contributed by atoms with Gasteiger partial charge in [0.25, 0.3) is 0 Å². The number of hydrogen-bond acceptors (Lipinski definition) is 3. The Morgan fingerprint density at radius 1 is 1.67 bits per heavy atom. The number of esters is 1. The second-order valence-corrected chi connectivity index (χ2v) is 4.80. The molecule has 3 nitrogen and oxygen atoms in total. The van der Waals surface area contributed by atoms with Gasteiger partial charge in [0, 0.05) is 12.7 Å². The molecule has 0 aromatic rings. The van der Waals surface area contributed by atoms with Crippen molar-refractivity contribution >= 4 is 5.97 Å². The van der Waals surface area contributed by atoms with Crippen molar-refractivity contribution in [1.29, 1.82) is 0 Å². The predicted octanol–water partition coefficient (Wildman–Crippen LogP) is 1.90. The molecule has 15 heavy (non-hydrogen) atoms. The summed E-state index contributed by atoms with van der Waals surface area (Å²) < 4.78 is 4.63. The standard InChI is InChI=1S/C12H20O3/c1-12(2)6-4-9(8-11(14)15-3)10(12)5-7-13/h8,10,13H,4-7H2,1-3H3/b9-8-. The lowest BCUT2D eigenvalue weighted by atomic mass is 9.79. The van der Waals surface area contributed by atoms with Gasteiger partial charge in [-0.25, -0.2) is 4.79 Å². The molecule has 0 radical (unpaired) electrons. The third-order valence-corrected chi connectivity index (χ3v) is 3.37. The van der Waals surface area contributed by atoms with Crippen LogP contribution in [0.3, 0.4) is 0 Å². The van der Waals surface area contributed by atoms with Crippen LogP contribution in [0.5, 0.6) is 0 Å². The summed E-state index contributed by atoms with van der Waals surface area (Å²) in [7, 11) is 1.39. The van der Waals surface area contributed by atoms with Crippen molar-refractivity contribution < 1.29 is 14.6 Å². The number of methoxy groups -OCH3 is 1. The molecule has 0 spiro atoms. The third-order valence-electron chi connectivity index (χ3n) is 3.37. The number of carbonyl (C=O) groups excluding carboxylic acids is 1. The van der Waals surface area contributed by atoms with E-state index < -0.39 is 0 Å². The highest BCUT2D eigenvalue weighted by molar-refractivity contribution is 5.82. The first-order valence-corrected chi connectivity index (χ1v) is 5.40. The molecule has 1 unspecified atom stereocenters. The Kier molecular flexibility index (Phi) is 3.91. The van der Waals surface area contributed by atoms with Crippen molar-refractivity contribution in [3.05, 3.63) is 11.6 Å². The van der Waals surface area contributed by atoms with E-state index >= 15 is 0 Å². The fourth-order valence-electron chi connectivity index (χ4n) is 2.41. The molecule has 86 valence electrons. The molecule has 0 bridgehead atoms. The van der Waals surface area contributed by atoms with Gasteiger partial charge >= 0.3 is 5.97 Å². The maximum absolute atomic E-state index is 11.2. The second kappa shape index (κ2) is 4.79. The highest BCUT2D eigenvalue weighted by atomic mass is 16.5. The minimum atomic E-state index is -0.286. The topological polar surface area (TPSA) is 46.5 Å². The molecule has 1 fully saturated rings. The van der Waals surface area contributed by atoms with Crippen LogP contribution in [0, 0.1) is 11.3 Å². The molecule has 1 N–H and O–H groups in total. The zero-order valence-electron chi connectivity index (χ0n) is 9.75. The van der Waals surface area contributed by atoms with Gasteiger partial charge in [0.1, 0.15) is 0 Å². The summed E-state index contributed by atoms with van der Waals surface area (Å²) in [5, 5.41) is 9.02. The first-order valence-electron chi connectivity index (χ1n) is 5.40. The SMILES string of the molecule is COC(=O)/C=C1/CCC(C)(C)C1CCO. The molecule has 0 aliphatic heterocycles. The van der Waals surface area contributed by atoms with E-state index in [0.717, 1.165) is 24.8 Å². The smallest absolute Gasteiger partial charge is 0.330 e. The monoisotopic (exact) mass is 212 g/mol. The molecule has 1 aliphatic carbocycles. The summed E-state index contributed by atoms with van der Waals surface area (Å²) in [4.78, 5) is 11.2. The number of aliphatic hydroxyl groups is 1. The Bertz CT molecular complexity index is 266. The number of carbonyl (C=O) groups is 1. The molecule has 0 aromatic heterocycles. The molecule has 0 heterocycles. The van der Waals surface area contributed by atoms with E-state index in [-0.39, 0.29) is 18.0 Å². The Hall–Kier alpha value is -0.830. The van der Waals surface area contributed by atoms with E-state index in [2.05, 4.69) is 18.6 Å². The number of ether oxygens (including phenoxy) is 1. The number of allylic oxidation sites excluding steroid dienone is 1. The first kappa shape index (κ1) is 12.2. The number of rotatable bonds is 3. The van der Waals surface area contributed by atoms with Gasteiger partial charge in [-0.15, -0.1) is 0 Å². The molecule has 1 rings (SSSR count). The Balaban J connectivity index is 2.82. The lowest BCUT2D eigenvalue weighted by Crippen LogP contribution is -2.20. The van der Waals surface area contributed by atoms with E-state index in [9.17, 15) is 4.79 Å². The maximum Gasteiger partial charge on any atom is 0.330 e. The van der Waals surface area contributed by atoms with Crippen molar-refractivity contribution in [2.75, 3.05) is 13.7 Å². The van der Waals surface area contributed by atoms with Gasteiger partial charge in [-0.2, -0.15) is 0 Å². The van der Waals surface area contributed by atoms with Crippen LogP contribution < -0.4 is 0 Å². The fourth-order valence-corrected chi connectivity index (χ4v) is 2.41. The van der Waals surface area contributed by atoms with Crippen molar-refractivity contribution in [1.82, 2.24) is 0 Å². The largest absolute Gasteiger partial charge is 0.466 e.